The van der Waals surface area contributed by atoms with E-state index in [9.17, 15) is 21.6 Å². The van der Waals surface area contributed by atoms with Crippen LogP contribution >= 0.6 is 0 Å². The summed E-state index contributed by atoms with van der Waals surface area (Å²) in [6.07, 6.45) is -1.56. The molecule has 6 nitrogen and oxygen atoms in total. The van der Waals surface area contributed by atoms with E-state index in [1.165, 1.54) is 4.31 Å². The molecule has 0 bridgehead atoms. The monoisotopic (exact) mass is 347 g/mol. The van der Waals surface area contributed by atoms with Gasteiger partial charge >= 0.3 is 6.36 Å². The number of rotatable bonds is 4. The van der Waals surface area contributed by atoms with Crippen molar-refractivity contribution in [2.24, 2.45) is 0 Å². The Morgan fingerprint density at radius 3 is 2.39 bits per heavy atom. The SMILES string of the molecule is O=S(=O)(c1ccc(OC(F)(F)F)cc1)N1CC(c2ncc[nH]2)C1. The second-order valence-corrected chi connectivity index (χ2v) is 6.95. The molecule has 0 radical (unpaired) electrons. The van der Waals surface area contributed by atoms with E-state index in [4.69, 9.17) is 0 Å². The van der Waals surface area contributed by atoms with Crippen LogP contribution in [0.4, 0.5) is 13.2 Å². The van der Waals surface area contributed by atoms with Crippen molar-refractivity contribution in [1.29, 1.82) is 0 Å². The molecule has 1 N–H and O–H groups in total. The predicted octanol–water partition coefficient (Wildman–Crippen LogP) is 2.10. The van der Waals surface area contributed by atoms with Gasteiger partial charge in [-0.2, -0.15) is 4.31 Å². The van der Waals surface area contributed by atoms with Crippen molar-refractivity contribution >= 4 is 10.0 Å². The number of hydrogen-bond donors (Lipinski definition) is 1. The van der Waals surface area contributed by atoms with Gasteiger partial charge in [0.2, 0.25) is 10.0 Å². The minimum absolute atomic E-state index is 0.00684. The first kappa shape index (κ1) is 15.8. The van der Waals surface area contributed by atoms with Gasteiger partial charge in [0.1, 0.15) is 11.6 Å². The van der Waals surface area contributed by atoms with Gasteiger partial charge in [0.05, 0.1) is 4.90 Å². The van der Waals surface area contributed by atoms with Gasteiger partial charge in [-0.15, -0.1) is 13.2 Å². The lowest BCUT2D eigenvalue weighted by Crippen LogP contribution is -2.48. The molecule has 0 saturated carbocycles. The molecular weight excluding hydrogens is 335 g/mol. The summed E-state index contributed by atoms with van der Waals surface area (Å²) in [5, 5.41) is 0. The molecule has 0 spiro atoms. The van der Waals surface area contributed by atoms with E-state index >= 15 is 0 Å². The Kier molecular flexibility index (Phi) is 3.80. The number of alkyl halides is 3. The van der Waals surface area contributed by atoms with Crippen molar-refractivity contribution in [1.82, 2.24) is 14.3 Å². The molecule has 0 atom stereocenters. The second-order valence-electron chi connectivity index (χ2n) is 5.01. The van der Waals surface area contributed by atoms with Gasteiger partial charge < -0.3 is 9.72 Å². The van der Waals surface area contributed by atoms with Crippen molar-refractivity contribution in [2.45, 2.75) is 17.2 Å². The summed E-state index contributed by atoms with van der Waals surface area (Å²) in [6, 6.07) is 4.14. The first-order chi connectivity index (χ1) is 10.8. The van der Waals surface area contributed by atoms with Gasteiger partial charge in [-0.1, -0.05) is 0 Å². The Morgan fingerprint density at radius 2 is 1.87 bits per heavy atom. The summed E-state index contributed by atoms with van der Waals surface area (Å²) in [4.78, 5) is 6.92. The number of nitrogens with zero attached hydrogens (tertiary/aromatic N) is 2. The number of sulfonamides is 1. The summed E-state index contributed by atoms with van der Waals surface area (Å²) in [7, 11) is -3.73. The third-order valence-corrected chi connectivity index (χ3v) is 5.30. The lowest BCUT2D eigenvalue weighted by atomic mass is 10.0. The molecule has 10 heteroatoms. The first-order valence-electron chi connectivity index (χ1n) is 6.61. The molecule has 1 aromatic heterocycles. The lowest BCUT2D eigenvalue weighted by Gasteiger charge is -2.36. The molecule has 0 amide bonds. The maximum atomic E-state index is 12.4. The van der Waals surface area contributed by atoms with Crippen LogP contribution in [0.15, 0.2) is 41.6 Å². The number of H-pyrrole nitrogens is 1. The number of nitrogens with one attached hydrogen (secondary N) is 1. The minimum atomic E-state index is -4.81. The van der Waals surface area contributed by atoms with Crippen molar-refractivity contribution in [3.63, 3.8) is 0 Å². The fraction of sp³-hybridized carbons (Fsp3) is 0.308. The van der Waals surface area contributed by atoms with Crippen molar-refractivity contribution in [2.75, 3.05) is 13.1 Å². The van der Waals surface area contributed by atoms with E-state index in [0.717, 1.165) is 24.3 Å². The number of benzene rings is 1. The highest BCUT2D eigenvalue weighted by atomic mass is 32.2. The van der Waals surface area contributed by atoms with E-state index in [1.54, 1.807) is 12.4 Å². The highest BCUT2D eigenvalue weighted by Crippen LogP contribution is 2.31. The summed E-state index contributed by atoms with van der Waals surface area (Å²) < 4.78 is 65.9. The average molecular weight is 347 g/mol. The summed E-state index contributed by atoms with van der Waals surface area (Å²) >= 11 is 0. The number of aromatic nitrogens is 2. The zero-order chi connectivity index (χ0) is 16.7. The van der Waals surface area contributed by atoms with E-state index in [1.807, 2.05) is 0 Å². The van der Waals surface area contributed by atoms with Gasteiger partial charge in [-0.3, -0.25) is 0 Å². The first-order valence-corrected chi connectivity index (χ1v) is 8.05. The molecule has 1 aliphatic rings. The van der Waals surface area contributed by atoms with E-state index in [-0.39, 0.29) is 23.9 Å². The number of imidazole rings is 1. The Hall–Kier alpha value is -2.07. The normalized spacial score (nSPS) is 17.0. The van der Waals surface area contributed by atoms with Crippen LogP contribution in [0.25, 0.3) is 0 Å². The van der Waals surface area contributed by atoms with Gasteiger partial charge in [-0.25, -0.2) is 13.4 Å². The number of ether oxygens (including phenoxy) is 1. The highest BCUT2D eigenvalue weighted by molar-refractivity contribution is 7.89. The van der Waals surface area contributed by atoms with Gasteiger partial charge in [0, 0.05) is 31.4 Å². The number of aromatic amines is 1. The highest BCUT2D eigenvalue weighted by Gasteiger charge is 2.38. The standard InChI is InChI=1S/C13H12F3N3O3S/c14-13(15,16)22-10-1-3-11(4-2-10)23(20,21)19-7-9(8-19)12-17-5-6-18-12/h1-6,9H,7-8H2,(H,17,18). The molecule has 1 aliphatic heterocycles. The van der Waals surface area contributed by atoms with Crippen LogP contribution in [0.1, 0.15) is 11.7 Å². The zero-order valence-electron chi connectivity index (χ0n) is 11.6. The zero-order valence-corrected chi connectivity index (χ0v) is 12.4. The Bertz CT molecular complexity index is 767. The largest absolute Gasteiger partial charge is 0.573 e. The molecule has 1 fully saturated rings. The summed E-state index contributed by atoms with van der Waals surface area (Å²) in [5.74, 6) is 0.242. The fourth-order valence-electron chi connectivity index (χ4n) is 2.27. The van der Waals surface area contributed by atoms with Gasteiger partial charge in [-0.05, 0) is 24.3 Å². The van der Waals surface area contributed by atoms with Crippen LogP contribution in [-0.2, 0) is 10.0 Å². The average Bonchev–Trinajstić information content (AvgIpc) is 2.89. The van der Waals surface area contributed by atoms with Gasteiger partial charge in [0.25, 0.3) is 0 Å². The quantitative estimate of drug-likeness (QED) is 0.919. The summed E-state index contributed by atoms with van der Waals surface area (Å²) in [5.41, 5.74) is 0. The molecule has 2 heterocycles. The Balaban J connectivity index is 1.69. The molecule has 2 aromatic rings. The van der Waals surface area contributed by atoms with Crippen LogP contribution in [0, 0.1) is 0 Å². The van der Waals surface area contributed by atoms with Crippen LogP contribution in [-0.4, -0.2) is 42.1 Å². The second kappa shape index (κ2) is 5.53. The smallest absolute Gasteiger partial charge is 0.406 e. The van der Waals surface area contributed by atoms with Crippen molar-refractivity contribution < 1.29 is 26.3 Å². The molecule has 0 aliphatic carbocycles. The molecule has 23 heavy (non-hydrogen) atoms. The van der Waals surface area contributed by atoms with Crippen molar-refractivity contribution in [3.8, 4) is 5.75 Å². The van der Waals surface area contributed by atoms with Gasteiger partial charge in [0.15, 0.2) is 0 Å². The third kappa shape index (κ3) is 3.32. The maximum absolute atomic E-state index is 12.4. The predicted molar refractivity (Wildman–Crippen MR) is 73.2 cm³/mol. The molecule has 1 aromatic carbocycles. The number of hydrogen-bond acceptors (Lipinski definition) is 4. The fourth-order valence-corrected chi connectivity index (χ4v) is 3.80. The topological polar surface area (TPSA) is 75.3 Å². The minimum Gasteiger partial charge on any atom is -0.406 e. The molecule has 1 saturated heterocycles. The molecule has 0 unspecified atom stereocenters. The van der Waals surface area contributed by atoms with Crippen LogP contribution in [0.2, 0.25) is 0 Å². The van der Waals surface area contributed by atoms with E-state index in [0.29, 0.717) is 5.82 Å². The molecule has 3 rings (SSSR count). The molecule has 124 valence electrons. The Labute approximate surface area is 130 Å². The van der Waals surface area contributed by atoms with E-state index < -0.39 is 22.1 Å². The van der Waals surface area contributed by atoms with Crippen molar-refractivity contribution in [3.05, 3.63) is 42.5 Å². The number of halogens is 3. The van der Waals surface area contributed by atoms with E-state index in [2.05, 4.69) is 14.7 Å². The summed E-state index contributed by atoms with van der Waals surface area (Å²) in [6.45, 7) is 0.549. The van der Waals surface area contributed by atoms with Crippen LogP contribution in [0.3, 0.4) is 0 Å². The molecular formula is C13H12F3N3O3S. The third-order valence-electron chi connectivity index (χ3n) is 3.45. The Morgan fingerprint density at radius 1 is 1.22 bits per heavy atom. The van der Waals surface area contributed by atoms with Crippen LogP contribution < -0.4 is 4.74 Å². The lowest BCUT2D eigenvalue weighted by molar-refractivity contribution is -0.274. The maximum Gasteiger partial charge on any atom is 0.573 e. The van der Waals surface area contributed by atoms with Crippen LogP contribution in [0.5, 0.6) is 5.75 Å².